The van der Waals surface area contributed by atoms with Gasteiger partial charge in [-0.2, -0.15) is 0 Å². The summed E-state index contributed by atoms with van der Waals surface area (Å²) in [5.74, 6) is 1.15. The fourth-order valence-electron chi connectivity index (χ4n) is 5.90. The Kier molecular flexibility index (Phi) is 7.27. The van der Waals surface area contributed by atoms with Crippen molar-refractivity contribution in [2.24, 2.45) is 5.92 Å². The first kappa shape index (κ1) is 24.3. The zero-order valence-corrected chi connectivity index (χ0v) is 21.7. The van der Waals surface area contributed by atoms with Crippen LogP contribution in [0.25, 0.3) is 6.08 Å². The summed E-state index contributed by atoms with van der Waals surface area (Å²) < 4.78 is 0. The predicted molar refractivity (Wildman–Crippen MR) is 149 cm³/mol. The molecule has 34 heavy (non-hydrogen) atoms. The van der Waals surface area contributed by atoms with Gasteiger partial charge in [0.1, 0.15) is 0 Å². The molecule has 0 heterocycles. The third-order valence-corrected chi connectivity index (χ3v) is 7.71. The normalized spacial score (nSPS) is 21.3. The largest absolute Gasteiger partial charge is 0.0955 e. The lowest BCUT2D eigenvalue weighted by molar-refractivity contribution is 0.619. The van der Waals surface area contributed by atoms with Gasteiger partial charge in [0.2, 0.25) is 0 Å². The van der Waals surface area contributed by atoms with E-state index in [0.29, 0.717) is 17.8 Å². The van der Waals surface area contributed by atoms with Crippen molar-refractivity contribution in [3.8, 4) is 0 Å². The summed E-state index contributed by atoms with van der Waals surface area (Å²) >= 11 is 0. The summed E-state index contributed by atoms with van der Waals surface area (Å²) in [6.07, 6.45) is 9.04. The highest BCUT2D eigenvalue weighted by Crippen LogP contribution is 2.55. The molecule has 0 spiro atoms. The Morgan fingerprint density at radius 1 is 1.03 bits per heavy atom. The van der Waals surface area contributed by atoms with Gasteiger partial charge in [0.05, 0.1) is 0 Å². The number of rotatable bonds is 7. The number of aryl methyl sites for hydroxylation is 1. The summed E-state index contributed by atoms with van der Waals surface area (Å²) in [5, 5.41) is 0. The molecule has 0 aliphatic heterocycles. The van der Waals surface area contributed by atoms with Crippen LogP contribution in [0, 0.1) is 5.92 Å². The second-order valence-corrected chi connectivity index (χ2v) is 10.4. The third kappa shape index (κ3) is 4.56. The van der Waals surface area contributed by atoms with E-state index in [0.717, 1.165) is 25.7 Å². The first-order chi connectivity index (χ1) is 16.3. The zero-order valence-electron chi connectivity index (χ0n) is 21.7. The smallest absolute Gasteiger partial charge is 0.0201 e. The molecule has 4 rings (SSSR count). The SMILES string of the molecule is C=C(CCC)C1=C(C)C=C2CC(=Cc3ccccc3CC)C(=C)C2C1c1ccc(C(C)C)cc1. The van der Waals surface area contributed by atoms with Crippen molar-refractivity contribution < 1.29 is 0 Å². The molecule has 0 saturated heterocycles. The van der Waals surface area contributed by atoms with Crippen LogP contribution in [0.15, 0.2) is 101 Å². The van der Waals surface area contributed by atoms with Crippen LogP contribution in [0.3, 0.4) is 0 Å². The van der Waals surface area contributed by atoms with E-state index < -0.39 is 0 Å². The van der Waals surface area contributed by atoms with Gasteiger partial charge in [-0.25, -0.2) is 0 Å². The molecule has 0 heteroatoms. The molecule has 0 amide bonds. The second kappa shape index (κ2) is 10.2. The molecule has 176 valence electrons. The fraction of sp³-hybridized carbons (Fsp3) is 0.353. The Bertz CT molecular complexity index is 1180. The number of fused-ring (bicyclic) bond motifs is 1. The van der Waals surface area contributed by atoms with Crippen molar-refractivity contribution >= 4 is 6.08 Å². The van der Waals surface area contributed by atoms with Crippen molar-refractivity contribution in [1.82, 2.24) is 0 Å². The summed E-state index contributed by atoms with van der Waals surface area (Å²) in [4.78, 5) is 0. The van der Waals surface area contributed by atoms with Crippen LogP contribution >= 0.6 is 0 Å². The minimum Gasteiger partial charge on any atom is -0.0955 e. The average molecular weight is 449 g/mol. The quantitative estimate of drug-likeness (QED) is 0.395. The first-order valence-electron chi connectivity index (χ1n) is 13.0. The van der Waals surface area contributed by atoms with Crippen LogP contribution in [0.2, 0.25) is 0 Å². The molecule has 2 aliphatic carbocycles. The highest BCUT2D eigenvalue weighted by atomic mass is 14.4. The number of hydrogen-bond acceptors (Lipinski definition) is 0. The van der Waals surface area contributed by atoms with Crippen molar-refractivity contribution in [3.63, 3.8) is 0 Å². The van der Waals surface area contributed by atoms with Crippen LogP contribution in [0.5, 0.6) is 0 Å². The van der Waals surface area contributed by atoms with Gasteiger partial charge >= 0.3 is 0 Å². The Morgan fingerprint density at radius 2 is 1.74 bits per heavy atom. The van der Waals surface area contributed by atoms with E-state index in [2.05, 4.69) is 102 Å². The Labute approximate surface area is 207 Å². The standard InChI is InChI=1S/C34H40/c1-8-12-23(5)32-24(6)19-31-21-30(20-29-14-11-10-13-26(29)9-2)25(7)33(31)34(32)28-17-15-27(16-18-28)22(3)4/h10-11,13-20,22,33-34H,5,7-9,12,21H2,1-4,6H3. The predicted octanol–water partition coefficient (Wildman–Crippen LogP) is 9.73. The summed E-state index contributed by atoms with van der Waals surface area (Å²) in [5.41, 5.74) is 13.8. The van der Waals surface area contributed by atoms with Crippen molar-refractivity contribution in [3.05, 3.63) is 123 Å². The maximum absolute atomic E-state index is 4.70. The van der Waals surface area contributed by atoms with E-state index >= 15 is 0 Å². The highest BCUT2D eigenvalue weighted by Gasteiger charge is 2.40. The molecule has 1 fully saturated rings. The van der Waals surface area contributed by atoms with Gasteiger partial charge in [0.25, 0.3) is 0 Å². The molecular weight excluding hydrogens is 408 g/mol. The van der Waals surface area contributed by atoms with Crippen molar-refractivity contribution in [2.75, 3.05) is 0 Å². The maximum atomic E-state index is 4.70. The molecular formula is C34H40. The third-order valence-electron chi connectivity index (χ3n) is 7.71. The lowest BCUT2D eigenvalue weighted by Crippen LogP contribution is -2.21. The number of allylic oxidation sites excluding steroid dienone is 7. The molecule has 0 bridgehead atoms. The van der Waals surface area contributed by atoms with Crippen LogP contribution in [0.1, 0.15) is 88.0 Å². The monoisotopic (exact) mass is 448 g/mol. The lowest BCUT2D eigenvalue weighted by Gasteiger charge is -2.34. The highest BCUT2D eigenvalue weighted by molar-refractivity contribution is 5.68. The maximum Gasteiger partial charge on any atom is 0.0201 e. The van der Waals surface area contributed by atoms with Crippen LogP contribution in [-0.4, -0.2) is 0 Å². The Hall–Kier alpha value is -2.86. The van der Waals surface area contributed by atoms with Gasteiger partial charge in [-0.15, -0.1) is 0 Å². The first-order valence-corrected chi connectivity index (χ1v) is 13.0. The van der Waals surface area contributed by atoms with Crippen LogP contribution in [0.4, 0.5) is 0 Å². The summed E-state index contributed by atoms with van der Waals surface area (Å²) in [6.45, 7) is 20.5. The minimum atomic E-state index is 0.292. The molecule has 0 aromatic heterocycles. The van der Waals surface area contributed by atoms with Gasteiger partial charge in [0, 0.05) is 11.8 Å². The van der Waals surface area contributed by atoms with Gasteiger partial charge < -0.3 is 0 Å². The van der Waals surface area contributed by atoms with Crippen LogP contribution in [-0.2, 0) is 6.42 Å². The summed E-state index contributed by atoms with van der Waals surface area (Å²) in [6, 6.07) is 18.1. The molecule has 2 aliphatic rings. The molecule has 0 radical (unpaired) electrons. The van der Waals surface area contributed by atoms with Gasteiger partial charge in [-0.3, -0.25) is 0 Å². The van der Waals surface area contributed by atoms with Crippen molar-refractivity contribution in [2.45, 2.75) is 72.1 Å². The van der Waals surface area contributed by atoms with E-state index in [9.17, 15) is 0 Å². The molecule has 1 saturated carbocycles. The molecule has 2 aromatic rings. The molecule has 2 aromatic carbocycles. The van der Waals surface area contributed by atoms with Crippen LogP contribution < -0.4 is 0 Å². The van der Waals surface area contributed by atoms with Crippen molar-refractivity contribution in [1.29, 1.82) is 0 Å². The molecule has 2 atom stereocenters. The molecule has 2 unspecified atom stereocenters. The average Bonchev–Trinajstić information content (AvgIpc) is 3.13. The second-order valence-electron chi connectivity index (χ2n) is 10.4. The Balaban J connectivity index is 1.80. The van der Waals surface area contributed by atoms with E-state index in [1.165, 1.54) is 55.7 Å². The Morgan fingerprint density at radius 3 is 2.38 bits per heavy atom. The zero-order chi connectivity index (χ0) is 24.4. The molecule has 0 N–H and O–H groups in total. The van der Waals surface area contributed by atoms with E-state index in [4.69, 9.17) is 6.58 Å². The van der Waals surface area contributed by atoms with Gasteiger partial charge in [-0.1, -0.05) is 119 Å². The van der Waals surface area contributed by atoms with E-state index in [1.54, 1.807) is 0 Å². The van der Waals surface area contributed by atoms with Gasteiger partial charge in [0.15, 0.2) is 0 Å². The fourth-order valence-corrected chi connectivity index (χ4v) is 5.90. The minimum absolute atomic E-state index is 0.292. The number of hydrogen-bond donors (Lipinski definition) is 0. The van der Waals surface area contributed by atoms with E-state index in [-0.39, 0.29) is 0 Å². The lowest BCUT2D eigenvalue weighted by atomic mass is 9.69. The molecule has 0 nitrogen and oxygen atoms in total. The van der Waals surface area contributed by atoms with E-state index in [1.807, 2.05) is 0 Å². The summed E-state index contributed by atoms with van der Waals surface area (Å²) in [7, 11) is 0. The topological polar surface area (TPSA) is 0 Å². The number of benzene rings is 2. The van der Waals surface area contributed by atoms with Gasteiger partial charge in [-0.05, 0) is 76.7 Å².